The molecule has 0 amide bonds. The number of aryl methyl sites for hydroxylation is 1. The van der Waals surface area contributed by atoms with E-state index in [9.17, 15) is 0 Å². The molecule has 1 heterocycles. The molecule has 5 unspecified atom stereocenters. The Labute approximate surface area is 241 Å². The molecule has 4 aliphatic carbocycles. The molecule has 2 nitrogen and oxygen atoms in total. The number of likely N-dealkylation sites (N-methyl/N-ethyl adjacent to an activating group) is 1. The quantitative estimate of drug-likeness (QED) is 0.310. The Hall–Kier alpha value is -2.42. The fraction of sp³-hybridized carbons (Fsp3) is 0.526. The van der Waals surface area contributed by atoms with E-state index in [0.29, 0.717) is 22.8 Å². The Morgan fingerprint density at radius 3 is 2.25 bits per heavy atom. The van der Waals surface area contributed by atoms with Gasteiger partial charge >= 0.3 is 0 Å². The largest absolute Gasteiger partial charge is 0.302 e. The van der Waals surface area contributed by atoms with Gasteiger partial charge < -0.3 is 4.90 Å². The highest BCUT2D eigenvalue weighted by Gasteiger charge is 2.71. The molecule has 0 N–H and O–H groups in total. The standard InChI is InChI=1S/C38H46N2/c1-27-13-16-31-24-36-37-19-17-33(38(37,34(31)23-27)21-22-40(36)25-28-14-15-28)35(18-20-37)39(2)26-32(29-9-5-3-6-10-29)30-11-7-4-8-12-30/h3-13,16,23,28,32-33,35-36H,14-15,17-22,24-26H2,1-2H3. The minimum Gasteiger partial charge on any atom is -0.302 e. The molecule has 4 fully saturated rings. The van der Waals surface area contributed by atoms with Gasteiger partial charge in [0, 0.05) is 36.5 Å². The minimum absolute atomic E-state index is 0.365. The highest BCUT2D eigenvalue weighted by atomic mass is 15.2. The topological polar surface area (TPSA) is 6.48 Å². The number of rotatable bonds is 7. The summed E-state index contributed by atoms with van der Waals surface area (Å²) in [6.45, 7) is 6.11. The zero-order valence-corrected chi connectivity index (χ0v) is 24.6. The summed E-state index contributed by atoms with van der Waals surface area (Å²) < 4.78 is 0. The summed E-state index contributed by atoms with van der Waals surface area (Å²) >= 11 is 0. The lowest BCUT2D eigenvalue weighted by atomic mass is 9.43. The summed E-state index contributed by atoms with van der Waals surface area (Å²) in [5.74, 6) is 2.16. The number of benzene rings is 3. The Kier molecular flexibility index (Phi) is 6.05. The summed E-state index contributed by atoms with van der Waals surface area (Å²) in [7, 11) is 2.46. The normalized spacial score (nSPS) is 32.8. The first-order chi connectivity index (χ1) is 19.6. The summed E-state index contributed by atoms with van der Waals surface area (Å²) in [6.07, 6.45) is 11.3. The van der Waals surface area contributed by atoms with Gasteiger partial charge in [-0.05, 0) is 111 Å². The molecule has 3 aromatic rings. The van der Waals surface area contributed by atoms with E-state index in [2.05, 4.69) is 103 Å². The molecule has 8 rings (SSSR count). The van der Waals surface area contributed by atoms with Crippen molar-refractivity contribution < 1.29 is 0 Å². The Balaban J connectivity index is 1.16. The second-order valence-corrected chi connectivity index (χ2v) is 14.3. The molecule has 2 heteroatoms. The van der Waals surface area contributed by atoms with Crippen LogP contribution in [0.25, 0.3) is 0 Å². The molecule has 3 aromatic carbocycles. The zero-order valence-electron chi connectivity index (χ0n) is 24.6. The Bertz CT molecular complexity index is 1320. The molecule has 0 radical (unpaired) electrons. The average Bonchev–Trinajstić information content (AvgIpc) is 3.77. The maximum Gasteiger partial charge on any atom is 0.0217 e. The van der Waals surface area contributed by atoms with Gasteiger partial charge in [0.05, 0.1) is 0 Å². The van der Waals surface area contributed by atoms with E-state index >= 15 is 0 Å². The first-order valence-electron chi connectivity index (χ1n) is 16.2. The van der Waals surface area contributed by atoms with Crippen molar-refractivity contribution in [1.82, 2.24) is 9.80 Å². The van der Waals surface area contributed by atoms with Crippen molar-refractivity contribution in [1.29, 1.82) is 0 Å². The lowest BCUT2D eigenvalue weighted by Crippen LogP contribution is -2.70. The van der Waals surface area contributed by atoms with Crippen LogP contribution in [0.2, 0.25) is 0 Å². The van der Waals surface area contributed by atoms with Crippen LogP contribution in [0.3, 0.4) is 0 Å². The fourth-order valence-electron chi connectivity index (χ4n) is 10.6. The van der Waals surface area contributed by atoms with E-state index < -0.39 is 0 Å². The molecular weight excluding hydrogens is 484 g/mol. The summed E-state index contributed by atoms with van der Waals surface area (Å²) in [5, 5.41) is 0. The Morgan fingerprint density at radius 2 is 1.55 bits per heavy atom. The third-order valence-electron chi connectivity index (χ3n) is 12.4. The van der Waals surface area contributed by atoms with Crippen LogP contribution in [0, 0.1) is 24.2 Å². The fourth-order valence-corrected chi connectivity index (χ4v) is 10.6. The molecule has 3 saturated carbocycles. The van der Waals surface area contributed by atoms with Crippen molar-refractivity contribution in [3.05, 3.63) is 107 Å². The van der Waals surface area contributed by atoms with Gasteiger partial charge in [-0.15, -0.1) is 0 Å². The number of nitrogens with zero attached hydrogens (tertiary/aromatic N) is 2. The van der Waals surface area contributed by atoms with Gasteiger partial charge in [-0.3, -0.25) is 4.90 Å². The number of hydrogen-bond donors (Lipinski definition) is 0. The smallest absolute Gasteiger partial charge is 0.0217 e. The van der Waals surface area contributed by atoms with Crippen LogP contribution in [-0.4, -0.2) is 48.6 Å². The number of hydrogen-bond acceptors (Lipinski definition) is 2. The van der Waals surface area contributed by atoms with Gasteiger partial charge in [0.2, 0.25) is 0 Å². The van der Waals surface area contributed by atoms with Gasteiger partial charge in [-0.2, -0.15) is 0 Å². The van der Waals surface area contributed by atoms with Gasteiger partial charge in [0.1, 0.15) is 0 Å². The monoisotopic (exact) mass is 530 g/mol. The van der Waals surface area contributed by atoms with E-state index in [0.717, 1.165) is 24.4 Å². The van der Waals surface area contributed by atoms with Crippen LogP contribution >= 0.6 is 0 Å². The van der Waals surface area contributed by atoms with Crippen LogP contribution < -0.4 is 0 Å². The Morgan fingerprint density at radius 1 is 0.850 bits per heavy atom. The van der Waals surface area contributed by atoms with E-state index in [1.807, 2.05) is 0 Å². The predicted molar refractivity (Wildman–Crippen MR) is 165 cm³/mol. The molecular formula is C38H46N2. The second kappa shape index (κ2) is 9.57. The molecule has 0 aromatic heterocycles. The first-order valence-corrected chi connectivity index (χ1v) is 16.2. The number of piperidine rings is 1. The molecule has 5 atom stereocenters. The lowest BCUT2D eigenvalue weighted by Gasteiger charge is -2.67. The van der Waals surface area contributed by atoms with Crippen molar-refractivity contribution >= 4 is 0 Å². The van der Waals surface area contributed by atoms with Crippen molar-refractivity contribution in [2.45, 2.75) is 81.7 Å². The van der Waals surface area contributed by atoms with Crippen molar-refractivity contribution in [3.63, 3.8) is 0 Å². The third kappa shape index (κ3) is 3.75. The molecule has 40 heavy (non-hydrogen) atoms. The van der Waals surface area contributed by atoms with Gasteiger partial charge in [0.15, 0.2) is 0 Å². The van der Waals surface area contributed by atoms with Crippen LogP contribution in [0.5, 0.6) is 0 Å². The average molecular weight is 531 g/mol. The first kappa shape index (κ1) is 25.3. The van der Waals surface area contributed by atoms with E-state index in [1.165, 1.54) is 81.1 Å². The van der Waals surface area contributed by atoms with Crippen molar-refractivity contribution in [3.8, 4) is 0 Å². The van der Waals surface area contributed by atoms with Gasteiger partial charge in [-0.1, -0.05) is 84.4 Å². The van der Waals surface area contributed by atoms with Gasteiger partial charge in [-0.25, -0.2) is 0 Å². The van der Waals surface area contributed by atoms with E-state index in [-0.39, 0.29) is 0 Å². The van der Waals surface area contributed by atoms with E-state index in [4.69, 9.17) is 0 Å². The minimum atomic E-state index is 0.365. The predicted octanol–water partition coefficient (Wildman–Crippen LogP) is 7.60. The molecule has 0 spiro atoms. The van der Waals surface area contributed by atoms with Gasteiger partial charge in [0.25, 0.3) is 0 Å². The van der Waals surface area contributed by atoms with Crippen molar-refractivity contribution in [2.75, 3.05) is 26.7 Å². The maximum absolute atomic E-state index is 3.01. The second-order valence-electron chi connectivity index (χ2n) is 14.3. The molecule has 1 aliphatic heterocycles. The van der Waals surface area contributed by atoms with Crippen LogP contribution in [0.4, 0.5) is 0 Å². The van der Waals surface area contributed by atoms with Crippen LogP contribution in [0.1, 0.15) is 78.7 Å². The van der Waals surface area contributed by atoms with Crippen LogP contribution in [-0.2, 0) is 11.8 Å². The van der Waals surface area contributed by atoms with Crippen molar-refractivity contribution in [2.24, 2.45) is 17.3 Å². The molecule has 5 aliphatic rings. The number of fused-ring (bicyclic) bond motifs is 1. The number of likely N-dealkylation sites (tertiary alicyclic amines) is 1. The molecule has 4 bridgehead atoms. The summed E-state index contributed by atoms with van der Waals surface area (Å²) in [4.78, 5) is 5.82. The highest BCUT2D eigenvalue weighted by Crippen LogP contribution is 2.72. The zero-order chi connectivity index (χ0) is 26.9. The summed E-state index contributed by atoms with van der Waals surface area (Å²) in [5.41, 5.74) is 8.67. The maximum atomic E-state index is 3.01. The van der Waals surface area contributed by atoms with Crippen LogP contribution in [0.15, 0.2) is 78.9 Å². The molecule has 1 saturated heterocycles. The third-order valence-corrected chi connectivity index (χ3v) is 12.4. The lowest BCUT2D eigenvalue weighted by molar-refractivity contribution is -0.107. The SMILES string of the molecule is Cc1ccc2c(c1)C13CCN(CC4CC4)C(C2)C12CCC(N(C)CC(c1ccccc1)c1ccccc1)C3CC2. The summed E-state index contributed by atoms with van der Waals surface area (Å²) in [6, 6.07) is 31.5. The highest BCUT2D eigenvalue weighted by molar-refractivity contribution is 5.48. The molecule has 208 valence electrons. The van der Waals surface area contributed by atoms with E-state index in [1.54, 1.807) is 11.1 Å².